The van der Waals surface area contributed by atoms with Crippen LogP contribution >= 0.6 is 31.9 Å². The maximum absolute atomic E-state index is 11.6. The van der Waals surface area contributed by atoms with Gasteiger partial charge in [-0.05, 0) is 18.2 Å². The highest BCUT2D eigenvalue weighted by Crippen LogP contribution is 2.23. The van der Waals surface area contributed by atoms with E-state index in [-0.39, 0.29) is 11.7 Å². The molecule has 1 aromatic carbocycles. The second-order valence-corrected chi connectivity index (χ2v) is 4.91. The van der Waals surface area contributed by atoms with Gasteiger partial charge in [-0.3, -0.25) is 4.79 Å². The third kappa shape index (κ3) is 2.64. The van der Waals surface area contributed by atoms with Crippen LogP contribution in [0.2, 0.25) is 0 Å². The number of rotatable bonds is 2. The number of carbonyl (C=O) groups excluding carboxylic acids is 1. The lowest BCUT2D eigenvalue weighted by Gasteiger charge is -2.06. The van der Waals surface area contributed by atoms with Crippen molar-refractivity contribution in [2.24, 2.45) is 5.92 Å². The van der Waals surface area contributed by atoms with Gasteiger partial charge >= 0.3 is 0 Å². The van der Waals surface area contributed by atoms with Crippen LogP contribution in [0.15, 0.2) is 27.1 Å². The molecule has 0 aromatic heterocycles. The van der Waals surface area contributed by atoms with Crippen LogP contribution in [-0.4, -0.2) is 5.78 Å². The van der Waals surface area contributed by atoms with Gasteiger partial charge in [0.25, 0.3) is 0 Å². The highest BCUT2D eigenvalue weighted by atomic mass is 79.9. The third-order valence-electron chi connectivity index (χ3n) is 1.72. The van der Waals surface area contributed by atoms with E-state index in [0.29, 0.717) is 0 Å². The molecular formula is C10H10Br2O. The van der Waals surface area contributed by atoms with E-state index in [0.717, 1.165) is 14.5 Å². The van der Waals surface area contributed by atoms with Crippen LogP contribution in [-0.2, 0) is 0 Å². The van der Waals surface area contributed by atoms with Gasteiger partial charge in [0.2, 0.25) is 0 Å². The van der Waals surface area contributed by atoms with Gasteiger partial charge in [-0.1, -0.05) is 45.7 Å². The largest absolute Gasteiger partial charge is 0.294 e. The molecule has 0 unspecified atom stereocenters. The van der Waals surface area contributed by atoms with Gasteiger partial charge in [0, 0.05) is 20.4 Å². The number of ketones is 1. The van der Waals surface area contributed by atoms with E-state index in [1.807, 2.05) is 32.0 Å². The Morgan fingerprint density at radius 1 is 1.31 bits per heavy atom. The Labute approximate surface area is 94.8 Å². The van der Waals surface area contributed by atoms with Crippen molar-refractivity contribution in [1.29, 1.82) is 0 Å². The summed E-state index contributed by atoms with van der Waals surface area (Å²) in [5, 5.41) is 0. The Kier molecular flexibility index (Phi) is 3.68. The second kappa shape index (κ2) is 4.38. The first-order chi connectivity index (χ1) is 6.02. The molecular weight excluding hydrogens is 296 g/mol. The van der Waals surface area contributed by atoms with E-state index < -0.39 is 0 Å². The van der Waals surface area contributed by atoms with Crippen molar-refractivity contribution in [2.75, 3.05) is 0 Å². The minimum absolute atomic E-state index is 0.0393. The Morgan fingerprint density at radius 2 is 1.92 bits per heavy atom. The van der Waals surface area contributed by atoms with Crippen LogP contribution < -0.4 is 0 Å². The molecule has 0 atom stereocenters. The SMILES string of the molecule is CC(C)C(=O)c1ccc(Br)cc1Br. The van der Waals surface area contributed by atoms with E-state index in [4.69, 9.17) is 0 Å². The van der Waals surface area contributed by atoms with Crippen LogP contribution in [0.1, 0.15) is 24.2 Å². The lowest BCUT2D eigenvalue weighted by molar-refractivity contribution is 0.0938. The molecule has 1 rings (SSSR count). The summed E-state index contributed by atoms with van der Waals surface area (Å²) in [5.74, 6) is 0.205. The van der Waals surface area contributed by atoms with Crippen LogP contribution in [0.5, 0.6) is 0 Å². The Bertz CT molecular complexity index is 332. The predicted octanol–water partition coefficient (Wildman–Crippen LogP) is 4.05. The van der Waals surface area contributed by atoms with E-state index in [9.17, 15) is 4.79 Å². The standard InChI is InChI=1S/C10H10Br2O/c1-6(2)10(13)8-4-3-7(11)5-9(8)12/h3-6H,1-2H3. The van der Waals surface area contributed by atoms with Crippen LogP contribution in [0, 0.1) is 5.92 Å². The van der Waals surface area contributed by atoms with Crippen molar-refractivity contribution in [3.8, 4) is 0 Å². The number of halogens is 2. The molecule has 0 amide bonds. The van der Waals surface area contributed by atoms with Crippen molar-refractivity contribution < 1.29 is 4.79 Å². The number of carbonyl (C=O) groups is 1. The zero-order valence-electron chi connectivity index (χ0n) is 7.47. The van der Waals surface area contributed by atoms with E-state index in [2.05, 4.69) is 31.9 Å². The van der Waals surface area contributed by atoms with Gasteiger partial charge in [-0.25, -0.2) is 0 Å². The summed E-state index contributed by atoms with van der Waals surface area (Å²) >= 11 is 6.71. The highest BCUT2D eigenvalue weighted by molar-refractivity contribution is 9.11. The molecule has 0 fully saturated rings. The highest BCUT2D eigenvalue weighted by Gasteiger charge is 2.13. The Hall–Kier alpha value is -0.150. The first kappa shape index (κ1) is 10.9. The number of Topliss-reactive ketones (excluding diaryl/α,β-unsaturated/α-hetero) is 1. The topological polar surface area (TPSA) is 17.1 Å². The second-order valence-electron chi connectivity index (χ2n) is 3.14. The summed E-state index contributed by atoms with van der Waals surface area (Å²) in [6.07, 6.45) is 0. The summed E-state index contributed by atoms with van der Waals surface area (Å²) in [6, 6.07) is 5.59. The molecule has 13 heavy (non-hydrogen) atoms. The first-order valence-corrected chi connectivity index (χ1v) is 5.60. The van der Waals surface area contributed by atoms with Gasteiger partial charge in [-0.15, -0.1) is 0 Å². The average molecular weight is 306 g/mol. The molecule has 0 saturated heterocycles. The van der Waals surface area contributed by atoms with Crippen molar-refractivity contribution in [1.82, 2.24) is 0 Å². The molecule has 0 heterocycles. The van der Waals surface area contributed by atoms with Crippen LogP contribution in [0.4, 0.5) is 0 Å². The minimum Gasteiger partial charge on any atom is -0.294 e. The number of hydrogen-bond acceptors (Lipinski definition) is 1. The molecule has 0 spiro atoms. The fraction of sp³-hybridized carbons (Fsp3) is 0.300. The molecule has 0 aliphatic rings. The van der Waals surface area contributed by atoms with E-state index in [1.165, 1.54) is 0 Å². The summed E-state index contributed by atoms with van der Waals surface area (Å²) in [6.45, 7) is 3.80. The van der Waals surface area contributed by atoms with Gasteiger partial charge in [0.05, 0.1) is 0 Å². The molecule has 1 aromatic rings. The fourth-order valence-corrected chi connectivity index (χ4v) is 2.24. The summed E-state index contributed by atoms with van der Waals surface area (Å²) < 4.78 is 1.82. The van der Waals surface area contributed by atoms with Crippen LogP contribution in [0.3, 0.4) is 0 Å². The Morgan fingerprint density at radius 3 is 2.38 bits per heavy atom. The zero-order chi connectivity index (χ0) is 10.0. The molecule has 0 aliphatic heterocycles. The van der Waals surface area contributed by atoms with Gasteiger partial charge in [0.1, 0.15) is 0 Å². The molecule has 70 valence electrons. The summed E-state index contributed by atoms with van der Waals surface area (Å²) in [5.41, 5.74) is 0.748. The number of benzene rings is 1. The van der Waals surface area contributed by atoms with Crippen molar-refractivity contribution in [3.63, 3.8) is 0 Å². The van der Waals surface area contributed by atoms with Gasteiger partial charge in [0.15, 0.2) is 5.78 Å². The molecule has 0 bridgehead atoms. The lowest BCUT2D eigenvalue weighted by atomic mass is 10.0. The molecule has 3 heteroatoms. The predicted molar refractivity (Wildman–Crippen MR) is 61.0 cm³/mol. The maximum Gasteiger partial charge on any atom is 0.166 e. The molecule has 0 saturated carbocycles. The Balaban J connectivity index is 3.09. The molecule has 0 aliphatic carbocycles. The van der Waals surface area contributed by atoms with Crippen molar-refractivity contribution in [3.05, 3.63) is 32.7 Å². The van der Waals surface area contributed by atoms with Crippen molar-refractivity contribution in [2.45, 2.75) is 13.8 Å². The first-order valence-electron chi connectivity index (χ1n) is 4.01. The van der Waals surface area contributed by atoms with E-state index in [1.54, 1.807) is 0 Å². The normalized spacial score (nSPS) is 10.5. The van der Waals surface area contributed by atoms with Crippen LogP contribution in [0.25, 0.3) is 0 Å². The molecule has 0 N–H and O–H groups in total. The quantitative estimate of drug-likeness (QED) is 0.753. The lowest BCUT2D eigenvalue weighted by Crippen LogP contribution is -2.07. The van der Waals surface area contributed by atoms with E-state index >= 15 is 0 Å². The smallest absolute Gasteiger partial charge is 0.166 e. The van der Waals surface area contributed by atoms with Crippen molar-refractivity contribution >= 4 is 37.6 Å². The third-order valence-corrected chi connectivity index (χ3v) is 2.87. The molecule has 1 nitrogen and oxygen atoms in total. The van der Waals surface area contributed by atoms with Gasteiger partial charge < -0.3 is 0 Å². The minimum atomic E-state index is 0.0393. The summed E-state index contributed by atoms with van der Waals surface area (Å²) in [7, 11) is 0. The maximum atomic E-state index is 11.6. The summed E-state index contributed by atoms with van der Waals surface area (Å²) in [4.78, 5) is 11.6. The fourth-order valence-electron chi connectivity index (χ4n) is 1.00. The number of hydrogen-bond donors (Lipinski definition) is 0. The monoisotopic (exact) mass is 304 g/mol. The molecule has 0 radical (unpaired) electrons. The average Bonchev–Trinajstić information content (AvgIpc) is 2.03. The zero-order valence-corrected chi connectivity index (χ0v) is 10.6. The van der Waals surface area contributed by atoms with Gasteiger partial charge in [-0.2, -0.15) is 0 Å².